The van der Waals surface area contributed by atoms with Gasteiger partial charge in [-0.3, -0.25) is 9.69 Å². The molecule has 5 nitrogen and oxygen atoms in total. The number of nitrogens with zero attached hydrogens (tertiary/aromatic N) is 1. The van der Waals surface area contributed by atoms with Crippen molar-refractivity contribution in [3.63, 3.8) is 0 Å². The van der Waals surface area contributed by atoms with Gasteiger partial charge in [0, 0.05) is 25.2 Å². The van der Waals surface area contributed by atoms with Crippen molar-refractivity contribution in [3.8, 4) is 0 Å². The summed E-state index contributed by atoms with van der Waals surface area (Å²) in [5, 5.41) is 3.09. The highest BCUT2D eigenvalue weighted by molar-refractivity contribution is 5.86. The molecule has 2 rings (SSSR count). The molecule has 2 fully saturated rings. The maximum Gasteiger partial charge on any atom is 0.240 e. The zero-order valence-corrected chi connectivity index (χ0v) is 16.4. The zero-order valence-electron chi connectivity index (χ0n) is 14.8. The quantitative estimate of drug-likeness (QED) is 0.795. The van der Waals surface area contributed by atoms with Gasteiger partial charge in [0.15, 0.2) is 0 Å². The first kappa shape index (κ1) is 22.9. The molecule has 3 N–H and O–H groups in total. The number of morpholine rings is 1. The summed E-state index contributed by atoms with van der Waals surface area (Å²) in [6, 6.07) is 0. The molecule has 2 atom stereocenters. The first-order chi connectivity index (χ1) is 9.73. The molecule has 0 aromatic rings. The number of hydrogen-bond donors (Lipinski definition) is 2. The Morgan fingerprint density at radius 2 is 1.70 bits per heavy atom. The topological polar surface area (TPSA) is 67.6 Å². The van der Waals surface area contributed by atoms with Crippen molar-refractivity contribution in [2.75, 3.05) is 19.6 Å². The van der Waals surface area contributed by atoms with E-state index in [-0.39, 0.29) is 48.5 Å². The van der Waals surface area contributed by atoms with Crippen LogP contribution in [0, 0.1) is 0 Å². The molecule has 0 aromatic carbocycles. The van der Waals surface area contributed by atoms with Crippen LogP contribution in [-0.4, -0.2) is 53.7 Å². The summed E-state index contributed by atoms with van der Waals surface area (Å²) in [6.45, 7) is 11.0. The Labute approximate surface area is 152 Å². The third-order valence-electron chi connectivity index (χ3n) is 4.91. The average Bonchev–Trinajstić information content (AvgIpc) is 2.83. The number of carbonyl (C=O) groups excluding carboxylic acids is 1. The molecule has 1 amide bonds. The molecule has 0 spiro atoms. The van der Waals surface area contributed by atoms with Crippen molar-refractivity contribution in [3.05, 3.63) is 0 Å². The van der Waals surface area contributed by atoms with Gasteiger partial charge < -0.3 is 15.8 Å². The Morgan fingerprint density at radius 1 is 1.22 bits per heavy atom. The van der Waals surface area contributed by atoms with Gasteiger partial charge in [-0.25, -0.2) is 0 Å². The van der Waals surface area contributed by atoms with E-state index in [2.05, 4.69) is 37.9 Å². The lowest BCUT2D eigenvalue weighted by Gasteiger charge is -2.45. The fourth-order valence-corrected chi connectivity index (χ4v) is 3.49. The highest BCUT2D eigenvalue weighted by atomic mass is 35.5. The van der Waals surface area contributed by atoms with Crippen LogP contribution >= 0.6 is 24.8 Å². The standard InChI is InChI=1S/C16H31N3O2.2ClH/c1-12-9-19(10-13(2)21-12)15(3,4)11-18-14(20)16(17)7-5-6-8-16;;/h12-13H,5-11,17H2,1-4H3,(H,18,20);2*1H. The van der Waals surface area contributed by atoms with Crippen molar-refractivity contribution < 1.29 is 9.53 Å². The molecule has 1 aliphatic carbocycles. The maximum absolute atomic E-state index is 12.3. The number of ether oxygens (including phenoxy) is 1. The summed E-state index contributed by atoms with van der Waals surface area (Å²) in [4.78, 5) is 14.8. The van der Waals surface area contributed by atoms with Crippen LogP contribution in [0.2, 0.25) is 0 Å². The second-order valence-electron chi connectivity index (χ2n) is 7.52. The van der Waals surface area contributed by atoms with E-state index >= 15 is 0 Å². The largest absolute Gasteiger partial charge is 0.373 e. The van der Waals surface area contributed by atoms with Gasteiger partial charge in [-0.2, -0.15) is 0 Å². The monoisotopic (exact) mass is 369 g/mol. The van der Waals surface area contributed by atoms with E-state index in [1.54, 1.807) is 0 Å². The molecule has 7 heteroatoms. The lowest BCUT2D eigenvalue weighted by Crippen LogP contribution is -2.61. The summed E-state index contributed by atoms with van der Waals surface area (Å²) in [5.74, 6) is 0.0161. The zero-order chi connectivity index (χ0) is 15.7. The van der Waals surface area contributed by atoms with Gasteiger partial charge in [0.2, 0.25) is 5.91 Å². The molecule has 138 valence electrons. The van der Waals surface area contributed by atoms with Crippen molar-refractivity contribution in [2.24, 2.45) is 5.73 Å². The van der Waals surface area contributed by atoms with Gasteiger partial charge >= 0.3 is 0 Å². The number of carbonyl (C=O) groups is 1. The Morgan fingerprint density at radius 3 is 2.17 bits per heavy atom. The number of hydrogen-bond acceptors (Lipinski definition) is 4. The minimum Gasteiger partial charge on any atom is -0.373 e. The van der Waals surface area contributed by atoms with Gasteiger partial charge in [-0.05, 0) is 40.5 Å². The smallest absolute Gasteiger partial charge is 0.240 e. The third-order valence-corrected chi connectivity index (χ3v) is 4.91. The number of amides is 1. The Kier molecular flexibility index (Phi) is 8.83. The molecule has 2 unspecified atom stereocenters. The number of nitrogens with two attached hydrogens (primary N) is 1. The van der Waals surface area contributed by atoms with E-state index in [0.717, 1.165) is 38.8 Å². The van der Waals surface area contributed by atoms with E-state index in [9.17, 15) is 4.79 Å². The van der Waals surface area contributed by atoms with E-state index in [1.807, 2.05) is 0 Å². The second kappa shape index (κ2) is 8.86. The summed E-state index contributed by atoms with van der Waals surface area (Å²) in [7, 11) is 0. The van der Waals surface area contributed by atoms with Crippen molar-refractivity contribution >= 4 is 30.7 Å². The number of rotatable bonds is 4. The molecule has 1 saturated carbocycles. The molecule has 23 heavy (non-hydrogen) atoms. The third kappa shape index (κ3) is 5.75. The van der Waals surface area contributed by atoms with Crippen LogP contribution in [0.25, 0.3) is 0 Å². The van der Waals surface area contributed by atoms with Crippen LogP contribution in [0.3, 0.4) is 0 Å². The minimum absolute atomic E-state index is 0. The van der Waals surface area contributed by atoms with Gasteiger partial charge in [0.25, 0.3) is 0 Å². The molecule has 0 aromatic heterocycles. The van der Waals surface area contributed by atoms with Crippen LogP contribution in [0.4, 0.5) is 0 Å². The maximum atomic E-state index is 12.3. The van der Waals surface area contributed by atoms with Crippen LogP contribution in [0.5, 0.6) is 0 Å². The van der Waals surface area contributed by atoms with Crippen LogP contribution < -0.4 is 11.1 Å². The predicted molar refractivity (Wildman–Crippen MR) is 98.6 cm³/mol. The fourth-order valence-electron chi connectivity index (χ4n) is 3.49. The summed E-state index contributed by atoms with van der Waals surface area (Å²) >= 11 is 0. The van der Waals surface area contributed by atoms with Gasteiger partial charge in [-0.1, -0.05) is 12.8 Å². The van der Waals surface area contributed by atoms with Crippen LogP contribution in [0.1, 0.15) is 53.4 Å². The molecule has 0 bridgehead atoms. The average molecular weight is 370 g/mol. The minimum atomic E-state index is -0.637. The Bertz CT molecular complexity index is 378. The lowest BCUT2D eigenvalue weighted by atomic mass is 9.96. The fraction of sp³-hybridized carbons (Fsp3) is 0.938. The molecule has 0 radical (unpaired) electrons. The molecule has 1 saturated heterocycles. The van der Waals surface area contributed by atoms with Crippen molar-refractivity contribution in [1.82, 2.24) is 10.2 Å². The van der Waals surface area contributed by atoms with Crippen molar-refractivity contribution in [1.29, 1.82) is 0 Å². The first-order valence-electron chi connectivity index (χ1n) is 8.21. The van der Waals surface area contributed by atoms with Crippen LogP contribution in [-0.2, 0) is 9.53 Å². The van der Waals surface area contributed by atoms with E-state index in [0.29, 0.717) is 6.54 Å². The SMILES string of the molecule is CC1CN(C(C)(C)CNC(=O)C2(N)CCCC2)CC(C)O1.Cl.Cl. The molecular weight excluding hydrogens is 337 g/mol. The summed E-state index contributed by atoms with van der Waals surface area (Å²) < 4.78 is 5.79. The second-order valence-corrected chi connectivity index (χ2v) is 7.52. The van der Waals surface area contributed by atoms with Crippen LogP contribution in [0.15, 0.2) is 0 Å². The first-order valence-corrected chi connectivity index (χ1v) is 8.21. The van der Waals surface area contributed by atoms with Gasteiger partial charge in [0.05, 0.1) is 17.7 Å². The van der Waals surface area contributed by atoms with Crippen molar-refractivity contribution in [2.45, 2.75) is 76.7 Å². The molecule has 1 heterocycles. The van der Waals surface area contributed by atoms with Gasteiger partial charge in [0.1, 0.15) is 0 Å². The summed E-state index contributed by atoms with van der Waals surface area (Å²) in [5.41, 5.74) is 5.49. The molecule has 1 aliphatic heterocycles. The lowest BCUT2D eigenvalue weighted by molar-refractivity contribution is -0.127. The van der Waals surface area contributed by atoms with E-state index in [1.165, 1.54) is 0 Å². The summed E-state index contributed by atoms with van der Waals surface area (Å²) in [6.07, 6.45) is 4.21. The van der Waals surface area contributed by atoms with Gasteiger partial charge in [-0.15, -0.1) is 24.8 Å². The highest BCUT2D eigenvalue weighted by Crippen LogP contribution is 2.27. The predicted octanol–water partition coefficient (Wildman–Crippen LogP) is 2.11. The molecule has 2 aliphatic rings. The Hall–Kier alpha value is -0.0700. The Balaban J connectivity index is 0.00000242. The number of halogens is 2. The highest BCUT2D eigenvalue weighted by Gasteiger charge is 2.39. The van der Waals surface area contributed by atoms with E-state index < -0.39 is 5.54 Å². The normalized spacial score (nSPS) is 27.7. The van der Waals surface area contributed by atoms with E-state index in [4.69, 9.17) is 10.5 Å². The number of nitrogens with one attached hydrogen (secondary N) is 1. The molecular formula is C16H33Cl2N3O2.